The molecule has 0 saturated carbocycles. The molecule has 4 nitrogen and oxygen atoms in total. The van der Waals surface area contributed by atoms with Crippen LogP contribution in [0.5, 0.6) is 0 Å². The summed E-state index contributed by atoms with van der Waals surface area (Å²) in [6.07, 6.45) is 1.64. The number of benzene rings is 2. The Hall–Kier alpha value is -2.85. The number of rotatable bonds is 7. The van der Waals surface area contributed by atoms with Gasteiger partial charge in [0.25, 0.3) is 0 Å². The number of nitrogens with one attached hydrogen (secondary N) is 2. The average molecular weight is 320 g/mol. The first kappa shape index (κ1) is 16.0. The summed E-state index contributed by atoms with van der Waals surface area (Å²) in [4.78, 5) is 12.1. The molecule has 0 spiro atoms. The lowest BCUT2D eigenvalue weighted by Gasteiger charge is -2.17. The number of carbonyl (C=O) groups excluding carboxylic acids is 1. The molecular weight excluding hydrogens is 300 g/mol. The van der Waals surface area contributed by atoms with E-state index in [9.17, 15) is 4.79 Å². The Morgan fingerprint density at radius 2 is 1.62 bits per heavy atom. The van der Waals surface area contributed by atoms with Gasteiger partial charge < -0.3 is 9.73 Å². The van der Waals surface area contributed by atoms with Crippen molar-refractivity contribution in [2.75, 3.05) is 6.54 Å². The van der Waals surface area contributed by atoms with Gasteiger partial charge in [0.15, 0.2) is 0 Å². The van der Waals surface area contributed by atoms with Crippen LogP contribution in [0.25, 0.3) is 0 Å². The van der Waals surface area contributed by atoms with Gasteiger partial charge in [0.1, 0.15) is 5.76 Å². The van der Waals surface area contributed by atoms with Gasteiger partial charge in [-0.05, 0) is 23.3 Å². The van der Waals surface area contributed by atoms with Gasteiger partial charge in [-0.1, -0.05) is 60.7 Å². The first-order valence-electron chi connectivity index (χ1n) is 7.95. The summed E-state index contributed by atoms with van der Waals surface area (Å²) in [7, 11) is 0. The van der Waals surface area contributed by atoms with Gasteiger partial charge >= 0.3 is 0 Å². The van der Waals surface area contributed by atoms with E-state index in [0.29, 0.717) is 6.54 Å². The van der Waals surface area contributed by atoms with Gasteiger partial charge in [-0.3, -0.25) is 10.1 Å². The van der Waals surface area contributed by atoms with Crippen LogP contribution < -0.4 is 10.6 Å². The number of hydrogen-bond acceptors (Lipinski definition) is 3. The SMILES string of the molecule is O=C(CN[C@@H](c1ccccc1)c1ccco1)NCc1ccccc1. The van der Waals surface area contributed by atoms with Crippen LogP contribution in [-0.2, 0) is 11.3 Å². The Bertz CT molecular complexity index is 740. The van der Waals surface area contributed by atoms with Gasteiger partial charge in [0.05, 0.1) is 18.8 Å². The van der Waals surface area contributed by atoms with E-state index in [1.165, 1.54) is 0 Å². The highest BCUT2D eigenvalue weighted by molar-refractivity contribution is 5.78. The van der Waals surface area contributed by atoms with Crippen LogP contribution in [0.2, 0.25) is 0 Å². The molecule has 4 heteroatoms. The minimum atomic E-state index is -0.149. The van der Waals surface area contributed by atoms with Crippen LogP contribution in [0.15, 0.2) is 83.5 Å². The lowest BCUT2D eigenvalue weighted by molar-refractivity contribution is -0.120. The molecule has 2 aromatic carbocycles. The van der Waals surface area contributed by atoms with E-state index >= 15 is 0 Å². The number of amides is 1. The molecule has 0 aliphatic carbocycles. The maximum Gasteiger partial charge on any atom is 0.234 e. The summed E-state index contributed by atoms with van der Waals surface area (Å²) >= 11 is 0. The van der Waals surface area contributed by atoms with Gasteiger partial charge in [-0.2, -0.15) is 0 Å². The summed E-state index contributed by atoms with van der Waals surface area (Å²) in [6.45, 7) is 0.741. The molecular formula is C20H20N2O2. The monoisotopic (exact) mass is 320 g/mol. The summed E-state index contributed by atoms with van der Waals surface area (Å²) in [5, 5.41) is 6.19. The Labute approximate surface area is 141 Å². The zero-order chi connectivity index (χ0) is 16.6. The second kappa shape index (κ2) is 8.13. The third-order valence-corrected chi connectivity index (χ3v) is 3.76. The second-order valence-corrected chi connectivity index (χ2v) is 5.50. The number of furan rings is 1. The third kappa shape index (κ3) is 4.33. The summed E-state index contributed by atoms with van der Waals surface area (Å²) < 4.78 is 5.52. The van der Waals surface area contributed by atoms with E-state index in [2.05, 4.69) is 10.6 Å². The van der Waals surface area contributed by atoms with Crippen molar-refractivity contribution < 1.29 is 9.21 Å². The van der Waals surface area contributed by atoms with Gasteiger partial charge in [-0.25, -0.2) is 0 Å². The van der Waals surface area contributed by atoms with E-state index in [0.717, 1.165) is 16.9 Å². The predicted molar refractivity (Wildman–Crippen MR) is 93.3 cm³/mol. The number of carbonyl (C=O) groups is 1. The molecule has 2 N–H and O–H groups in total. The second-order valence-electron chi connectivity index (χ2n) is 5.50. The fourth-order valence-corrected chi connectivity index (χ4v) is 2.54. The van der Waals surface area contributed by atoms with Crippen molar-refractivity contribution in [3.8, 4) is 0 Å². The molecule has 3 rings (SSSR count). The van der Waals surface area contributed by atoms with E-state index < -0.39 is 0 Å². The Kier molecular flexibility index (Phi) is 5.43. The molecule has 24 heavy (non-hydrogen) atoms. The molecule has 0 radical (unpaired) electrons. The van der Waals surface area contributed by atoms with Crippen LogP contribution in [-0.4, -0.2) is 12.5 Å². The number of hydrogen-bond donors (Lipinski definition) is 2. The minimum Gasteiger partial charge on any atom is -0.467 e. The fourth-order valence-electron chi connectivity index (χ4n) is 2.54. The van der Waals surface area contributed by atoms with Crippen LogP contribution in [0.4, 0.5) is 0 Å². The van der Waals surface area contributed by atoms with E-state index in [-0.39, 0.29) is 18.5 Å². The highest BCUT2D eigenvalue weighted by Gasteiger charge is 2.17. The molecule has 1 amide bonds. The molecule has 0 saturated heterocycles. The van der Waals surface area contributed by atoms with Crippen LogP contribution in [0.3, 0.4) is 0 Å². The fraction of sp³-hybridized carbons (Fsp3) is 0.150. The predicted octanol–water partition coefficient (Wildman–Crippen LogP) is 3.28. The summed E-state index contributed by atoms with van der Waals surface area (Å²) in [6, 6.07) is 23.4. The van der Waals surface area contributed by atoms with Crippen molar-refractivity contribution in [1.82, 2.24) is 10.6 Å². The lowest BCUT2D eigenvalue weighted by atomic mass is 10.0. The molecule has 0 aliphatic rings. The summed E-state index contributed by atoms with van der Waals surface area (Å²) in [5.74, 6) is 0.739. The zero-order valence-electron chi connectivity index (χ0n) is 13.3. The van der Waals surface area contributed by atoms with Crippen molar-refractivity contribution in [2.24, 2.45) is 0 Å². The molecule has 3 aromatic rings. The van der Waals surface area contributed by atoms with E-state index in [1.807, 2.05) is 72.8 Å². The maximum absolute atomic E-state index is 12.1. The first-order valence-corrected chi connectivity index (χ1v) is 7.95. The average Bonchev–Trinajstić information content (AvgIpc) is 3.16. The molecule has 0 fully saturated rings. The van der Waals surface area contributed by atoms with Crippen molar-refractivity contribution >= 4 is 5.91 Å². The minimum absolute atomic E-state index is 0.0497. The van der Waals surface area contributed by atoms with E-state index in [4.69, 9.17) is 4.42 Å². The normalized spacial score (nSPS) is 11.8. The third-order valence-electron chi connectivity index (χ3n) is 3.76. The molecule has 122 valence electrons. The largest absolute Gasteiger partial charge is 0.467 e. The standard InChI is InChI=1S/C20H20N2O2/c23-19(21-14-16-8-3-1-4-9-16)15-22-20(18-12-7-13-24-18)17-10-5-2-6-11-17/h1-13,20,22H,14-15H2,(H,21,23)/t20-/m0/s1. The lowest BCUT2D eigenvalue weighted by Crippen LogP contribution is -2.35. The highest BCUT2D eigenvalue weighted by atomic mass is 16.3. The Morgan fingerprint density at radius 3 is 2.29 bits per heavy atom. The Morgan fingerprint density at radius 1 is 0.917 bits per heavy atom. The van der Waals surface area contributed by atoms with Crippen molar-refractivity contribution in [2.45, 2.75) is 12.6 Å². The zero-order valence-corrected chi connectivity index (χ0v) is 13.3. The topological polar surface area (TPSA) is 54.3 Å². The molecule has 1 heterocycles. The quantitative estimate of drug-likeness (QED) is 0.702. The van der Waals surface area contributed by atoms with Crippen LogP contribution in [0.1, 0.15) is 22.9 Å². The molecule has 0 aliphatic heterocycles. The highest BCUT2D eigenvalue weighted by Crippen LogP contribution is 2.21. The van der Waals surface area contributed by atoms with Crippen LogP contribution >= 0.6 is 0 Å². The van der Waals surface area contributed by atoms with Crippen molar-refractivity contribution in [3.05, 3.63) is 95.9 Å². The van der Waals surface area contributed by atoms with Gasteiger partial charge in [-0.15, -0.1) is 0 Å². The molecule has 0 bridgehead atoms. The van der Waals surface area contributed by atoms with Crippen LogP contribution in [0, 0.1) is 0 Å². The van der Waals surface area contributed by atoms with Crippen molar-refractivity contribution in [1.29, 1.82) is 0 Å². The molecule has 0 unspecified atom stereocenters. The molecule has 1 atom stereocenters. The summed E-state index contributed by atoms with van der Waals surface area (Å²) in [5.41, 5.74) is 2.14. The van der Waals surface area contributed by atoms with Gasteiger partial charge in [0, 0.05) is 6.54 Å². The first-order chi connectivity index (χ1) is 11.8. The van der Waals surface area contributed by atoms with Crippen molar-refractivity contribution in [3.63, 3.8) is 0 Å². The smallest absolute Gasteiger partial charge is 0.234 e. The van der Waals surface area contributed by atoms with E-state index in [1.54, 1.807) is 6.26 Å². The maximum atomic E-state index is 12.1. The van der Waals surface area contributed by atoms with Gasteiger partial charge in [0.2, 0.25) is 5.91 Å². The Balaban J connectivity index is 1.59. The molecule has 1 aromatic heterocycles.